The van der Waals surface area contributed by atoms with Crippen LogP contribution in [0, 0.1) is 0 Å². The number of ether oxygens (including phenoxy) is 1. The van der Waals surface area contributed by atoms with Crippen LogP contribution in [0.5, 0.6) is 0 Å². The number of carbonyl (C=O) groups excluding carboxylic acids is 1. The zero-order valence-electron chi connectivity index (χ0n) is 12.9. The van der Waals surface area contributed by atoms with Crippen LogP contribution in [0.25, 0.3) is 0 Å². The fourth-order valence-corrected chi connectivity index (χ4v) is 2.87. The molecular weight excluding hydrogens is 278 g/mol. The predicted molar refractivity (Wildman–Crippen MR) is 84.9 cm³/mol. The van der Waals surface area contributed by atoms with Gasteiger partial charge in [-0.25, -0.2) is 4.98 Å². The number of esters is 1. The lowest BCUT2D eigenvalue weighted by Gasteiger charge is -2.19. The topological polar surface area (TPSA) is 47.4 Å². The highest BCUT2D eigenvalue weighted by Gasteiger charge is 2.20. The summed E-state index contributed by atoms with van der Waals surface area (Å²) < 4.78 is 7.06. The van der Waals surface area contributed by atoms with Gasteiger partial charge in [-0.2, -0.15) is 0 Å². The maximum atomic E-state index is 11.5. The summed E-state index contributed by atoms with van der Waals surface area (Å²) in [5.41, 5.74) is 3.86. The number of carbonyl (C=O) groups is 1. The van der Waals surface area contributed by atoms with Crippen LogP contribution in [0.1, 0.15) is 24.5 Å². The first-order valence-corrected chi connectivity index (χ1v) is 7.74. The van der Waals surface area contributed by atoms with Gasteiger partial charge in [0.05, 0.1) is 19.4 Å². The largest absolute Gasteiger partial charge is 0.466 e. The zero-order valence-corrected chi connectivity index (χ0v) is 12.9. The lowest BCUT2D eigenvalue weighted by atomic mass is 10.1. The van der Waals surface area contributed by atoms with Crippen molar-refractivity contribution in [1.82, 2.24) is 9.55 Å². The average Bonchev–Trinajstić information content (AvgIpc) is 3.15. The third kappa shape index (κ3) is 3.30. The van der Waals surface area contributed by atoms with E-state index in [0.29, 0.717) is 13.0 Å². The van der Waals surface area contributed by atoms with Crippen LogP contribution >= 0.6 is 0 Å². The second kappa shape index (κ2) is 6.64. The van der Waals surface area contributed by atoms with Gasteiger partial charge in [-0.05, 0) is 30.5 Å². The lowest BCUT2D eigenvalue weighted by Crippen LogP contribution is -2.24. The number of rotatable bonds is 6. The van der Waals surface area contributed by atoms with E-state index >= 15 is 0 Å². The van der Waals surface area contributed by atoms with Crippen molar-refractivity contribution < 1.29 is 9.53 Å². The summed E-state index contributed by atoms with van der Waals surface area (Å²) in [7, 11) is 0. The molecule has 0 saturated heterocycles. The molecule has 0 fully saturated rings. The summed E-state index contributed by atoms with van der Waals surface area (Å²) in [6, 6.07) is 6.60. The Morgan fingerprint density at radius 1 is 1.41 bits per heavy atom. The summed E-state index contributed by atoms with van der Waals surface area (Å²) in [5, 5.41) is 0. The van der Waals surface area contributed by atoms with Crippen molar-refractivity contribution in [1.29, 1.82) is 0 Å². The molecule has 0 spiro atoms. The number of imidazole rings is 1. The van der Waals surface area contributed by atoms with Crippen molar-refractivity contribution in [2.45, 2.75) is 26.3 Å². The molecule has 1 aromatic heterocycles. The van der Waals surface area contributed by atoms with Crippen LogP contribution < -0.4 is 4.90 Å². The van der Waals surface area contributed by atoms with Crippen LogP contribution in [0.15, 0.2) is 36.9 Å². The van der Waals surface area contributed by atoms with Crippen molar-refractivity contribution in [2.75, 3.05) is 24.6 Å². The van der Waals surface area contributed by atoms with E-state index in [1.165, 1.54) is 16.8 Å². The van der Waals surface area contributed by atoms with Crippen molar-refractivity contribution in [2.24, 2.45) is 0 Å². The van der Waals surface area contributed by atoms with Crippen molar-refractivity contribution >= 4 is 11.7 Å². The van der Waals surface area contributed by atoms with Crippen molar-refractivity contribution in [3.05, 3.63) is 48.0 Å². The fraction of sp³-hybridized carbons (Fsp3) is 0.412. The Bertz CT molecular complexity index is 637. The van der Waals surface area contributed by atoms with E-state index in [-0.39, 0.29) is 5.97 Å². The normalized spacial score (nSPS) is 13.2. The van der Waals surface area contributed by atoms with E-state index in [2.05, 4.69) is 32.7 Å². The van der Waals surface area contributed by atoms with Gasteiger partial charge < -0.3 is 14.2 Å². The van der Waals surface area contributed by atoms with Gasteiger partial charge in [0.15, 0.2) is 0 Å². The molecule has 2 aromatic rings. The van der Waals surface area contributed by atoms with Crippen LogP contribution in [0.2, 0.25) is 0 Å². The predicted octanol–water partition coefficient (Wildman–Crippen LogP) is 2.25. The van der Waals surface area contributed by atoms with Gasteiger partial charge in [0.25, 0.3) is 0 Å². The quantitative estimate of drug-likeness (QED) is 0.768. The minimum atomic E-state index is -0.120. The third-order valence-electron chi connectivity index (χ3n) is 3.96. The van der Waals surface area contributed by atoms with E-state index in [9.17, 15) is 4.79 Å². The Morgan fingerprint density at radius 2 is 2.32 bits per heavy atom. The highest BCUT2D eigenvalue weighted by atomic mass is 16.5. The van der Waals surface area contributed by atoms with Gasteiger partial charge in [0.2, 0.25) is 0 Å². The van der Waals surface area contributed by atoms with Crippen LogP contribution in [-0.2, 0) is 22.5 Å². The smallest absolute Gasteiger partial charge is 0.307 e. The van der Waals surface area contributed by atoms with E-state index < -0.39 is 0 Å². The maximum Gasteiger partial charge on any atom is 0.307 e. The van der Waals surface area contributed by atoms with Gasteiger partial charge in [0, 0.05) is 37.7 Å². The van der Waals surface area contributed by atoms with Crippen LogP contribution in [0.3, 0.4) is 0 Å². The van der Waals surface area contributed by atoms with Gasteiger partial charge >= 0.3 is 5.97 Å². The zero-order chi connectivity index (χ0) is 15.4. The van der Waals surface area contributed by atoms with Gasteiger partial charge in [-0.3, -0.25) is 4.79 Å². The molecule has 2 heterocycles. The first-order valence-electron chi connectivity index (χ1n) is 7.74. The fourth-order valence-electron chi connectivity index (χ4n) is 2.87. The minimum Gasteiger partial charge on any atom is -0.466 e. The molecule has 0 amide bonds. The molecule has 3 rings (SSSR count). The van der Waals surface area contributed by atoms with Crippen LogP contribution in [0.4, 0.5) is 5.69 Å². The second-order valence-electron chi connectivity index (χ2n) is 5.49. The molecule has 1 aliphatic heterocycles. The summed E-state index contributed by atoms with van der Waals surface area (Å²) in [6.45, 7) is 4.80. The molecule has 0 radical (unpaired) electrons. The number of fused-ring (bicyclic) bond motifs is 1. The Kier molecular flexibility index (Phi) is 4.42. The Labute approximate surface area is 130 Å². The molecule has 0 atom stereocenters. The summed E-state index contributed by atoms with van der Waals surface area (Å²) in [6.07, 6.45) is 7.07. The monoisotopic (exact) mass is 299 g/mol. The van der Waals surface area contributed by atoms with E-state index in [1.54, 1.807) is 6.20 Å². The SMILES string of the molecule is CCOC(=O)CCN1CCc2ccc(Cn3ccnc3)cc21. The standard InChI is InChI=1S/C17H21N3O2/c1-2-22-17(21)6-9-20-8-5-15-4-3-14(11-16(15)20)12-19-10-7-18-13-19/h3-4,7,10-11,13H,2,5-6,8-9,12H2,1H3. The van der Waals surface area contributed by atoms with Gasteiger partial charge in [-0.1, -0.05) is 12.1 Å². The minimum absolute atomic E-state index is 0.120. The van der Waals surface area contributed by atoms with Crippen molar-refractivity contribution in [3.63, 3.8) is 0 Å². The highest BCUT2D eigenvalue weighted by Crippen LogP contribution is 2.29. The van der Waals surface area contributed by atoms with Gasteiger partial charge in [0.1, 0.15) is 0 Å². The highest BCUT2D eigenvalue weighted by molar-refractivity contribution is 5.70. The first-order chi connectivity index (χ1) is 10.8. The number of nitrogens with zero attached hydrogens (tertiary/aromatic N) is 3. The lowest BCUT2D eigenvalue weighted by molar-refractivity contribution is -0.142. The number of hydrogen-bond acceptors (Lipinski definition) is 4. The van der Waals surface area contributed by atoms with Crippen LogP contribution in [-0.4, -0.2) is 35.2 Å². The number of aromatic nitrogens is 2. The molecule has 1 aliphatic rings. The first kappa shape index (κ1) is 14.6. The van der Waals surface area contributed by atoms with E-state index in [1.807, 2.05) is 19.4 Å². The van der Waals surface area contributed by atoms with E-state index in [4.69, 9.17) is 4.74 Å². The maximum absolute atomic E-state index is 11.5. The second-order valence-corrected chi connectivity index (χ2v) is 5.49. The Balaban J connectivity index is 1.68. The van der Waals surface area contributed by atoms with E-state index in [0.717, 1.165) is 26.1 Å². The molecule has 1 aromatic carbocycles. The molecule has 0 N–H and O–H groups in total. The molecule has 5 heteroatoms. The number of benzene rings is 1. The third-order valence-corrected chi connectivity index (χ3v) is 3.96. The number of hydrogen-bond donors (Lipinski definition) is 0. The molecule has 0 saturated carbocycles. The summed E-state index contributed by atoms with van der Waals surface area (Å²) in [4.78, 5) is 17.9. The molecule has 0 unspecified atom stereocenters. The van der Waals surface area contributed by atoms with Crippen molar-refractivity contribution in [3.8, 4) is 0 Å². The number of anilines is 1. The van der Waals surface area contributed by atoms with Gasteiger partial charge in [-0.15, -0.1) is 0 Å². The molecule has 0 aliphatic carbocycles. The average molecular weight is 299 g/mol. The summed E-state index contributed by atoms with van der Waals surface area (Å²) in [5.74, 6) is -0.120. The molecular formula is C17H21N3O2. The molecule has 116 valence electrons. The Hall–Kier alpha value is -2.30. The Morgan fingerprint density at radius 3 is 3.09 bits per heavy atom. The molecule has 0 bridgehead atoms. The molecule has 22 heavy (non-hydrogen) atoms. The molecule has 5 nitrogen and oxygen atoms in total. The summed E-state index contributed by atoms with van der Waals surface area (Å²) >= 11 is 0.